The van der Waals surface area contributed by atoms with Crippen LogP contribution in [0.4, 0.5) is 0 Å². The van der Waals surface area contributed by atoms with Gasteiger partial charge >= 0.3 is 0 Å². The number of carbonyl (C=O) groups excluding carboxylic acids is 2. The lowest BCUT2D eigenvalue weighted by Gasteiger charge is -2.42. The van der Waals surface area contributed by atoms with Crippen molar-refractivity contribution < 1.29 is 14.3 Å². The predicted molar refractivity (Wildman–Crippen MR) is 125 cm³/mol. The molecule has 1 fully saturated rings. The molecule has 32 heavy (non-hydrogen) atoms. The maximum absolute atomic E-state index is 12.8. The molecule has 2 aromatic rings. The van der Waals surface area contributed by atoms with E-state index >= 15 is 0 Å². The van der Waals surface area contributed by atoms with Crippen molar-refractivity contribution in [2.45, 2.75) is 44.9 Å². The molecule has 0 saturated carbocycles. The molecule has 1 heterocycles. The molecule has 2 aromatic carbocycles. The Hall–Kier alpha value is -2.90. The second-order valence-electron chi connectivity index (χ2n) is 8.23. The summed E-state index contributed by atoms with van der Waals surface area (Å²) in [5, 5.41) is 2.87. The van der Waals surface area contributed by atoms with E-state index in [1.165, 1.54) is 12.5 Å². The third-order valence-corrected chi connectivity index (χ3v) is 5.99. The highest BCUT2D eigenvalue weighted by Crippen LogP contribution is 2.26. The maximum Gasteiger partial charge on any atom is 0.242 e. The van der Waals surface area contributed by atoms with Crippen molar-refractivity contribution >= 4 is 11.8 Å². The lowest BCUT2D eigenvalue weighted by Crippen LogP contribution is -2.57. The van der Waals surface area contributed by atoms with Crippen LogP contribution in [0.3, 0.4) is 0 Å². The Morgan fingerprint density at radius 1 is 1.12 bits per heavy atom. The highest BCUT2D eigenvalue weighted by Gasteiger charge is 2.37. The van der Waals surface area contributed by atoms with E-state index in [-0.39, 0.29) is 17.9 Å². The molecule has 0 aromatic heterocycles. The van der Waals surface area contributed by atoms with Crippen molar-refractivity contribution in [3.8, 4) is 5.75 Å². The number of ether oxygens (including phenoxy) is 1. The van der Waals surface area contributed by atoms with Gasteiger partial charge in [0.05, 0.1) is 7.11 Å². The van der Waals surface area contributed by atoms with Gasteiger partial charge in [0.15, 0.2) is 0 Å². The summed E-state index contributed by atoms with van der Waals surface area (Å²) in [6.07, 6.45) is 1.41. The quantitative estimate of drug-likeness (QED) is 0.626. The standard InChI is InChI=1S/C25H34N4O3/c1-19(30)29-14-11-22(16-24(29)25(31)27-13-12-26)28(17-20-7-4-3-5-8-20)18-21-9-6-10-23(15-21)32-2/h3-10,15,22,24H,11-14,16-18,26H2,1-2H3,(H,27,31)/t22?,24-/m1/s1. The maximum atomic E-state index is 12.8. The lowest BCUT2D eigenvalue weighted by atomic mass is 9.94. The molecule has 7 heteroatoms. The van der Waals surface area contributed by atoms with Crippen molar-refractivity contribution in [2.24, 2.45) is 5.73 Å². The van der Waals surface area contributed by atoms with Crippen LogP contribution in [0.2, 0.25) is 0 Å². The van der Waals surface area contributed by atoms with E-state index in [0.717, 1.165) is 30.8 Å². The van der Waals surface area contributed by atoms with Crippen LogP contribution in [-0.4, -0.2) is 60.4 Å². The first-order valence-corrected chi connectivity index (χ1v) is 11.2. The van der Waals surface area contributed by atoms with Crippen LogP contribution in [0.5, 0.6) is 5.75 Å². The molecule has 0 spiro atoms. The van der Waals surface area contributed by atoms with Gasteiger partial charge in [0, 0.05) is 45.7 Å². The van der Waals surface area contributed by atoms with Gasteiger partial charge in [-0.3, -0.25) is 14.5 Å². The molecule has 7 nitrogen and oxygen atoms in total. The molecule has 2 amide bonds. The average molecular weight is 439 g/mol. The van der Waals surface area contributed by atoms with Gasteiger partial charge in [0.2, 0.25) is 11.8 Å². The average Bonchev–Trinajstić information content (AvgIpc) is 2.82. The van der Waals surface area contributed by atoms with Crippen LogP contribution in [-0.2, 0) is 22.7 Å². The number of nitrogens with zero attached hydrogens (tertiary/aromatic N) is 2. The van der Waals surface area contributed by atoms with Crippen LogP contribution in [0.25, 0.3) is 0 Å². The van der Waals surface area contributed by atoms with Gasteiger partial charge in [0.1, 0.15) is 11.8 Å². The van der Waals surface area contributed by atoms with Gasteiger partial charge in [0.25, 0.3) is 0 Å². The number of piperidine rings is 1. The summed E-state index contributed by atoms with van der Waals surface area (Å²) in [5.74, 6) is 0.628. The lowest BCUT2D eigenvalue weighted by molar-refractivity contribution is -0.142. The van der Waals surface area contributed by atoms with E-state index in [2.05, 4.69) is 28.4 Å². The van der Waals surface area contributed by atoms with E-state index in [9.17, 15) is 9.59 Å². The third-order valence-electron chi connectivity index (χ3n) is 5.99. The number of benzene rings is 2. The Bertz CT molecular complexity index is 890. The largest absolute Gasteiger partial charge is 0.497 e. The van der Waals surface area contributed by atoms with Gasteiger partial charge in [-0.25, -0.2) is 0 Å². The number of likely N-dealkylation sites (tertiary alicyclic amines) is 1. The first-order chi connectivity index (χ1) is 15.5. The van der Waals surface area contributed by atoms with Crippen molar-refractivity contribution in [1.82, 2.24) is 15.1 Å². The van der Waals surface area contributed by atoms with Crippen LogP contribution in [0.1, 0.15) is 30.9 Å². The second-order valence-corrected chi connectivity index (χ2v) is 8.23. The van der Waals surface area contributed by atoms with Gasteiger partial charge in [-0.15, -0.1) is 0 Å². The molecule has 3 rings (SSSR count). The molecular formula is C25H34N4O3. The number of nitrogens with one attached hydrogen (secondary N) is 1. The molecule has 1 saturated heterocycles. The second kappa shape index (κ2) is 11.6. The Morgan fingerprint density at radius 2 is 1.84 bits per heavy atom. The highest BCUT2D eigenvalue weighted by molar-refractivity contribution is 5.87. The smallest absolute Gasteiger partial charge is 0.242 e. The Kier molecular flexibility index (Phi) is 8.64. The Labute approximate surface area is 190 Å². The molecule has 0 bridgehead atoms. The fraction of sp³-hybridized carbons (Fsp3) is 0.440. The van der Waals surface area contributed by atoms with E-state index in [1.54, 1.807) is 12.0 Å². The van der Waals surface area contributed by atoms with Crippen molar-refractivity contribution in [2.75, 3.05) is 26.7 Å². The summed E-state index contributed by atoms with van der Waals surface area (Å²) >= 11 is 0. The Morgan fingerprint density at radius 3 is 2.53 bits per heavy atom. The van der Waals surface area contributed by atoms with E-state index in [0.29, 0.717) is 26.1 Å². The monoisotopic (exact) mass is 438 g/mol. The van der Waals surface area contributed by atoms with Crippen LogP contribution in [0.15, 0.2) is 54.6 Å². The molecule has 1 unspecified atom stereocenters. The summed E-state index contributed by atoms with van der Waals surface area (Å²) in [6.45, 7) is 4.36. The van der Waals surface area contributed by atoms with Gasteiger partial charge < -0.3 is 20.7 Å². The van der Waals surface area contributed by atoms with E-state index < -0.39 is 6.04 Å². The topological polar surface area (TPSA) is 87.9 Å². The zero-order chi connectivity index (χ0) is 22.9. The summed E-state index contributed by atoms with van der Waals surface area (Å²) in [5.41, 5.74) is 7.93. The molecule has 2 atom stereocenters. The minimum Gasteiger partial charge on any atom is -0.497 e. The molecule has 1 aliphatic heterocycles. The van der Waals surface area contributed by atoms with Gasteiger partial charge in [-0.05, 0) is 36.1 Å². The summed E-state index contributed by atoms with van der Waals surface area (Å²) in [4.78, 5) is 29.2. The molecule has 0 aliphatic carbocycles. The van der Waals surface area contributed by atoms with Crippen LogP contribution < -0.4 is 15.8 Å². The summed E-state index contributed by atoms with van der Waals surface area (Å²) in [7, 11) is 1.67. The fourth-order valence-corrected chi connectivity index (χ4v) is 4.35. The zero-order valence-electron chi connectivity index (χ0n) is 19.0. The van der Waals surface area contributed by atoms with Crippen LogP contribution in [0, 0.1) is 0 Å². The predicted octanol–water partition coefficient (Wildman–Crippen LogP) is 2.15. The Balaban J connectivity index is 1.83. The molecule has 3 N–H and O–H groups in total. The molecule has 1 aliphatic rings. The minimum atomic E-state index is -0.485. The number of methoxy groups -OCH3 is 1. The fourth-order valence-electron chi connectivity index (χ4n) is 4.35. The normalized spacial score (nSPS) is 18.4. The first kappa shape index (κ1) is 23.8. The SMILES string of the molecule is COc1cccc(CN(Cc2ccccc2)C2CCN(C(C)=O)[C@@H](C(=O)NCCN)C2)c1. The number of carbonyl (C=O) groups is 2. The van der Waals surface area contributed by atoms with Crippen molar-refractivity contribution in [3.63, 3.8) is 0 Å². The van der Waals surface area contributed by atoms with E-state index in [1.807, 2.05) is 36.4 Å². The zero-order valence-corrected chi connectivity index (χ0v) is 19.0. The first-order valence-electron chi connectivity index (χ1n) is 11.2. The highest BCUT2D eigenvalue weighted by atomic mass is 16.5. The van der Waals surface area contributed by atoms with Gasteiger partial charge in [-0.1, -0.05) is 42.5 Å². The summed E-state index contributed by atoms with van der Waals surface area (Å²) < 4.78 is 5.40. The number of hydrogen-bond donors (Lipinski definition) is 2. The number of hydrogen-bond acceptors (Lipinski definition) is 5. The van der Waals surface area contributed by atoms with E-state index in [4.69, 9.17) is 10.5 Å². The molecule has 172 valence electrons. The van der Waals surface area contributed by atoms with Crippen LogP contribution >= 0.6 is 0 Å². The van der Waals surface area contributed by atoms with Crippen molar-refractivity contribution in [3.05, 3.63) is 65.7 Å². The minimum absolute atomic E-state index is 0.0706. The van der Waals surface area contributed by atoms with Gasteiger partial charge in [-0.2, -0.15) is 0 Å². The summed E-state index contributed by atoms with van der Waals surface area (Å²) in [6, 6.07) is 18.1. The number of rotatable bonds is 9. The third kappa shape index (κ3) is 6.31. The number of nitrogens with two attached hydrogens (primary N) is 1. The number of amides is 2. The molecular weight excluding hydrogens is 404 g/mol. The molecule has 0 radical (unpaired) electrons. The van der Waals surface area contributed by atoms with Crippen molar-refractivity contribution in [1.29, 1.82) is 0 Å².